The number of hydrogen-bond donors (Lipinski definition) is 0. The van der Waals surface area contributed by atoms with E-state index in [2.05, 4.69) is 207 Å². The highest BCUT2D eigenvalue weighted by molar-refractivity contribution is 6.01. The molecule has 0 bridgehead atoms. The molecular weight excluding hydrogens is 629 g/mol. The number of aromatic nitrogens is 1. The number of para-hydroxylation sites is 1. The summed E-state index contributed by atoms with van der Waals surface area (Å²) in [5.74, 6) is 0. The van der Waals surface area contributed by atoms with E-state index >= 15 is 0 Å². The van der Waals surface area contributed by atoms with E-state index in [9.17, 15) is 0 Å². The van der Waals surface area contributed by atoms with Crippen LogP contribution in [0.1, 0.15) is 49.9 Å². The zero-order valence-corrected chi connectivity index (χ0v) is 30.1. The van der Waals surface area contributed by atoms with Gasteiger partial charge < -0.3 is 9.47 Å². The minimum absolute atomic E-state index is 0.0990. The van der Waals surface area contributed by atoms with E-state index < -0.39 is 0 Å². The minimum Gasteiger partial charge on any atom is -0.310 e. The lowest BCUT2D eigenvalue weighted by Gasteiger charge is -2.29. The first-order valence-electron chi connectivity index (χ1n) is 18.4. The molecule has 2 nitrogen and oxygen atoms in total. The fourth-order valence-electron chi connectivity index (χ4n) is 9.23. The Morgan fingerprint density at radius 2 is 0.962 bits per heavy atom. The van der Waals surface area contributed by atoms with Gasteiger partial charge in [-0.05, 0) is 99.1 Å². The average molecular weight is 669 g/mol. The van der Waals surface area contributed by atoms with E-state index in [0.717, 1.165) is 17.1 Å². The molecule has 0 saturated heterocycles. The summed E-state index contributed by atoms with van der Waals surface area (Å²) in [5, 5.41) is 1.29. The number of anilines is 3. The number of hydrogen-bond acceptors (Lipinski definition) is 1. The van der Waals surface area contributed by atoms with Crippen LogP contribution in [0.5, 0.6) is 0 Å². The molecule has 250 valence electrons. The monoisotopic (exact) mass is 668 g/mol. The molecule has 0 amide bonds. The minimum atomic E-state index is -0.158. The third-order valence-electron chi connectivity index (χ3n) is 11.8. The van der Waals surface area contributed by atoms with Crippen molar-refractivity contribution in [2.45, 2.75) is 38.5 Å². The van der Waals surface area contributed by atoms with Crippen molar-refractivity contribution in [2.75, 3.05) is 4.90 Å². The molecule has 0 atom stereocenters. The molecule has 1 aromatic heterocycles. The van der Waals surface area contributed by atoms with Gasteiger partial charge in [-0.25, -0.2) is 0 Å². The van der Waals surface area contributed by atoms with Gasteiger partial charge in [-0.3, -0.25) is 0 Å². The van der Waals surface area contributed by atoms with E-state index in [4.69, 9.17) is 0 Å². The van der Waals surface area contributed by atoms with Crippen LogP contribution in [0.25, 0.3) is 50.1 Å². The zero-order valence-electron chi connectivity index (χ0n) is 30.1. The summed E-state index contributed by atoms with van der Waals surface area (Å²) in [6.45, 7) is 9.50. The van der Waals surface area contributed by atoms with E-state index in [1.165, 1.54) is 72.4 Å². The first-order valence-corrected chi connectivity index (χ1v) is 18.4. The summed E-state index contributed by atoms with van der Waals surface area (Å²) in [4.78, 5) is 2.45. The van der Waals surface area contributed by atoms with Crippen LogP contribution in [0.4, 0.5) is 17.1 Å². The Hall–Kier alpha value is -6.12. The third kappa shape index (κ3) is 4.37. The highest BCUT2D eigenvalue weighted by Crippen LogP contribution is 2.55. The van der Waals surface area contributed by atoms with Crippen LogP contribution in [0.15, 0.2) is 170 Å². The number of rotatable bonds is 5. The topological polar surface area (TPSA) is 8.17 Å². The number of nitrogens with zero attached hydrogens (tertiary/aromatic N) is 2. The summed E-state index contributed by atoms with van der Waals surface area (Å²) in [7, 11) is 0. The zero-order chi connectivity index (χ0) is 35.2. The van der Waals surface area contributed by atoms with Crippen LogP contribution in [-0.2, 0) is 10.8 Å². The Morgan fingerprint density at radius 1 is 0.423 bits per heavy atom. The quantitative estimate of drug-likeness (QED) is 0.177. The van der Waals surface area contributed by atoms with Gasteiger partial charge in [-0.1, -0.05) is 143 Å². The van der Waals surface area contributed by atoms with Gasteiger partial charge >= 0.3 is 0 Å². The lowest BCUT2D eigenvalue weighted by atomic mass is 9.81. The largest absolute Gasteiger partial charge is 0.310 e. The van der Waals surface area contributed by atoms with E-state index in [-0.39, 0.29) is 10.8 Å². The van der Waals surface area contributed by atoms with E-state index in [0.29, 0.717) is 0 Å². The van der Waals surface area contributed by atoms with Crippen molar-refractivity contribution in [3.05, 3.63) is 192 Å². The first-order chi connectivity index (χ1) is 25.3. The Balaban J connectivity index is 1.21. The van der Waals surface area contributed by atoms with Crippen LogP contribution in [0.3, 0.4) is 0 Å². The SMILES string of the molecule is CC1(C)c2ccccc2-c2ccc(N(c3ccc(-c4ccccc4)cc3)c3ccc4c(c3)c3c(n4-c4ccccc4)-c4ccccc4C3(C)C)cc21. The van der Waals surface area contributed by atoms with Crippen molar-refractivity contribution in [2.24, 2.45) is 0 Å². The predicted molar refractivity (Wildman–Crippen MR) is 219 cm³/mol. The van der Waals surface area contributed by atoms with E-state index in [1.54, 1.807) is 0 Å². The maximum atomic E-state index is 2.48. The molecule has 0 aliphatic heterocycles. The summed E-state index contributed by atoms with van der Waals surface area (Å²) in [5.41, 5.74) is 18.8. The third-order valence-corrected chi connectivity index (χ3v) is 11.8. The Kier molecular flexibility index (Phi) is 6.60. The van der Waals surface area contributed by atoms with Crippen LogP contribution in [0.2, 0.25) is 0 Å². The van der Waals surface area contributed by atoms with Gasteiger partial charge in [-0.2, -0.15) is 0 Å². The normalized spacial score (nSPS) is 14.5. The highest BCUT2D eigenvalue weighted by atomic mass is 15.1. The average Bonchev–Trinajstić information content (AvgIpc) is 3.74. The maximum Gasteiger partial charge on any atom is 0.0585 e. The van der Waals surface area contributed by atoms with Gasteiger partial charge in [0.1, 0.15) is 0 Å². The molecule has 52 heavy (non-hydrogen) atoms. The second kappa shape index (κ2) is 11.2. The summed E-state index contributed by atoms with van der Waals surface area (Å²) in [6.07, 6.45) is 0. The highest BCUT2D eigenvalue weighted by Gasteiger charge is 2.41. The van der Waals surface area contributed by atoms with Crippen LogP contribution < -0.4 is 4.90 Å². The first kappa shape index (κ1) is 30.7. The summed E-state index contributed by atoms with van der Waals surface area (Å²) in [6, 6.07) is 62.6. The van der Waals surface area contributed by atoms with E-state index in [1.807, 2.05) is 0 Å². The second-order valence-corrected chi connectivity index (χ2v) is 15.4. The van der Waals surface area contributed by atoms with Crippen molar-refractivity contribution in [3.63, 3.8) is 0 Å². The van der Waals surface area contributed by atoms with Crippen molar-refractivity contribution in [1.29, 1.82) is 0 Å². The molecule has 0 unspecified atom stereocenters. The van der Waals surface area contributed by atoms with Gasteiger partial charge in [0.15, 0.2) is 0 Å². The lowest BCUT2D eigenvalue weighted by molar-refractivity contribution is 0.660. The Labute approximate surface area is 306 Å². The molecule has 0 fully saturated rings. The molecule has 2 aliphatic rings. The Morgan fingerprint density at radius 3 is 1.69 bits per heavy atom. The lowest BCUT2D eigenvalue weighted by Crippen LogP contribution is -2.17. The fourth-order valence-corrected chi connectivity index (χ4v) is 9.23. The van der Waals surface area contributed by atoms with Crippen molar-refractivity contribution < 1.29 is 0 Å². The smallest absolute Gasteiger partial charge is 0.0585 e. The van der Waals surface area contributed by atoms with Crippen LogP contribution in [-0.4, -0.2) is 4.57 Å². The summed E-state index contributed by atoms with van der Waals surface area (Å²) < 4.78 is 2.48. The van der Waals surface area contributed by atoms with Crippen LogP contribution >= 0.6 is 0 Å². The van der Waals surface area contributed by atoms with Crippen LogP contribution in [0, 0.1) is 0 Å². The fraction of sp³-hybridized carbons (Fsp3) is 0.120. The van der Waals surface area contributed by atoms with Gasteiger partial charge in [-0.15, -0.1) is 0 Å². The van der Waals surface area contributed by atoms with Gasteiger partial charge in [0.05, 0.1) is 11.2 Å². The second-order valence-electron chi connectivity index (χ2n) is 15.4. The van der Waals surface area contributed by atoms with Crippen molar-refractivity contribution >= 4 is 28.0 Å². The molecular formula is C50H40N2. The predicted octanol–water partition coefficient (Wildman–Crippen LogP) is 13.4. The number of fused-ring (bicyclic) bond motifs is 8. The van der Waals surface area contributed by atoms with Crippen molar-refractivity contribution in [3.8, 4) is 39.2 Å². The molecule has 0 spiro atoms. The number of benzene rings is 7. The molecule has 1 heterocycles. The standard InChI is InChI=1S/C50H40N2/c1-49(2)43-21-13-11-19-39(43)40-29-27-38(32-45(40)49)51(36-25-23-34(24-26-36)33-15-7-5-8-16-33)37-28-30-46-42(31-37)47-48(52(46)35-17-9-6-10-18-35)41-20-12-14-22-44(41)50(47,3)4/h5-32H,1-4H3. The van der Waals surface area contributed by atoms with Gasteiger partial charge in [0, 0.05) is 44.5 Å². The molecule has 7 aromatic carbocycles. The molecule has 2 heteroatoms. The van der Waals surface area contributed by atoms with Gasteiger partial charge in [0.2, 0.25) is 0 Å². The molecule has 0 radical (unpaired) electrons. The molecule has 8 aromatic rings. The van der Waals surface area contributed by atoms with Crippen molar-refractivity contribution in [1.82, 2.24) is 4.57 Å². The Bertz CT molecular complexity index is 2660. The molecule has 0 N–H and O–H groups in total. The summed E-state index contributed by atoms with van der Waals surface area (Å²) >= 11 is 0. The molecule has 10 rings (SSSR count). The maximum absolute atomic E-state index is 2.48. The van der Waals surface area contributed by atoms with Gasteiger partial charge in [0.25, 0.3) is 0 Å². The molecule has 0 saturated carbocycles. The molecule has 2 aliphatic carbocycles.